The second-order valence-corrected chi connectivity index (χ2v) is 3.63. The first kappa shape index (κ1) is 11.7. The lowest BCUT2D eigenvalue weighted by Gasteiger charge is -2.18. The first-order valence-electron chi connectivity index (χ1n) is 4.43. The van der Waals surface area contributed by atoms with Crippen molar-refractivity contribution >= 4 is 0 Å². The van der Waals surface area contributed by atoms with Crippen molar-refractivity contribution in [3.63, 3.8) is 0 Å². The van der Waals surface area contributed by atoms with Crippen LogP contribution in [0.4, 0.5) is 0 Å². The zero-order chi connectivity index (χ0) is 9.72. The molecule has 1 N–H and O–H groups in total. The highest BCUT2D eigenvalue weighted by molar-refractivity contribution is 5.04. The van der Waals surface area contributed by atoms with Gasteiger partial charge in [0.1, 0.15) is 0 Å². The van der Waals surface area contributed by atoms with Crippen molar-refractivity contribution in [2.24, 2.45) is 5.92 Å². The predicted octanol–water partition coefficient (Wildman–Crippen LogP) is 1.98. The largest absolute Gasteiger partial charge is 0.386 e. The Balaban J connectivity index is 3.72. The molecule has 0 saturated heterocycles. The Morgan fingerprint density at radius 3 is 2.17 bits per heavy atom. The number of aliphatic hydroxyl groups is 1. The van der Waals surface area contributed by atoms with Crippen LogP contribution in [0.15, 0.2) is 12.2 Å². The maximum absolute atomic E-state index is 9.51. The molecule has 0 rings (SSSR count). The number of hydrogen-bond donors (Lipinski definition) is 1. The van der Waals surface area contributed by atoms with Gasteiger partial charge in [0.15, 0.2) is 0 Å². The van der Waals surface area contributed by atoms with E-state index in [1.165, 1.54) is 0 Å². The first-order valence-corrected chi connectivity index (χ1v) is 4.43. The lowest BCUT2D eigenvalue weighted by molar-refractivity contribution is 0.0173. The lowest BCUT2D eigenvalue weighted by Crippen LogP contribution is -2.22. The van der Waals surface area contributed by atoms with Crippen molar-refractivity contribution in [1.29, 1.82) is 0 Å². The summed E-state index contributed by atoms with van der Waals surface area (Å²) in [4.78, 5) is 0. The highest BCUT2D eigenvalue weighted by atomic mass is 16.5. The molecule has 2 nitrogen and oxygen atoms in total. The summed E-state index contributed by atoms with van der Waals surface area (Å²) in [5.74, 6) is 0.316. The number of hydrogen-bond acceptors (Lipinski definition) is 2. The van der Waals surface area contributed by atoms with Crippen LogP contribution in [0.2, 0.25) is 0 Å². The third-order valence-corrected chi connectivity index (χ3v) is 1.76. The van der Waals surface area contributed by atoms with E-state index < -0.39 is 6.10 Å². The summed E-state index contributed by atoms with van der Waals surface area (Å²) >= 11 is 0. The van der Waals surface area contributed by atoms with Crippen molar-refractivity contribution < 1.29 is 9.84 Å². The third kappa shape index (κ3) is 4.52. The Morgan fingerprint density at radius 1 is 1.33 bits per heavy atom. The number of rotatable bonds is 5. The maximum Gasteiger partial charge on any atom is 0.0983 e. The Bertz CT molecular complexity index is 139. The molecule has 72 valence electrons. The Kier molecular flexibility index (Phi) is 5.18. The van der Waals surface area contributed by atoms with Gasteiger partial charge in [-0.15, -0.1) is 0 Å². The summed E-state index contributed by atoms with van der Waals surface area (Å²) in [5.41, 5.74) is 0.843. The highest BCUT2D eigenvalue weighted by Crippen LogP contribution is 2.12. The van der Waals surface area contributed by atoms with E-state index >= 15 is 0 Å². The van der Waals surface area contributed by atoms with Gasteiger partial charge in [-0.3, -0.25) is 0 Å². The van der Waals surface area contributed by atoms with Crippen LogP contribution in [0.5, 0.6) is 0 Å². The predicted molar refractivity (Wildman–Crippen MR) is 51.1 cm³/mol. The fourth-order valence-corrected chi connectivity index (χ4v) is 0.775. The van der Waals surface area contributed by atoms with Crippen LogP contribution in [0.3, 0.4) is 0 Å². The smallest absolute Gasteiger partial charge is 0.0983 e. The average molecular weight is 172 g/mol. The van der Waals surface area contributed by atoms with Gasteiger partial charge in [0, 0.05) is 0 Å². The second kappa shape index (κ2) is 5.33. The molecule has 1 atom stereocenters. The highest BCUT2D eigenvalue weighted by Gasteiger charge is 2.12. The van der Waals surface area contributed by atoms with Crippen molar-refractivity contribution in [2.75, 3.05) is 6.61 Å². The maximum atomic E-state index is 9.51. The van der Waals surface area contributed by atoms with Crippen LogP contribution in [-0.4, -0.2) is 23.9 Å². The van der Waals surface area contributed by atoms with Gasteiger partial charge in [-0.25, -0.2) is 0 Å². The molecule has 0 aliphatic heterocycles. The van der Waals surface area contributed by atoms with Gasteiger partial charge in [-0.2, -0.15) is 0 Å². The molecule has 12 heavy (non-hydrogen) atoms. The van der Waals surface area contributed by atoms with Gasteiger partial charge in [-0.05, 0) is 25.3 Å². The van der Waals surface area contributed by atoms with E-state index in [2.05, 4.69) is 6.58 Å². The minimum atomic E-state index is -0.521. The summed E-state index contributed by atoms with van der Waals surface area (Å²) in [5, 5.41) is 9.51. The minimum absolute atomic E-state index is 0.166. The third-order valence-electron chi connectivity index (χ3n) is 1.76. The van der Waals surface area contributed by atoms with Gasteiger partial charge in [0.2, 0.25) is 0 Å². The summed E-state index contributed by atoms with van der Waals surface area (Å²) in [6.45, 7) is 12.1. The Morgan fingerprint density at radius 2 is 1.83 bits per heavy atom. The van der Waals surface area contributed by atoms with E-state index in [0.29, 0.717) is 12.5 Å². The molecule has 1 unspecified atom stereocenters. The molecule has 0 aromatic rings. The first-order chi connectivity index (χ1) is 5.45. The van der Waals surface area contributed by atoms with E-state index in [9.17, 15) is 5.11 Å². The SMILES string of the molecule is C=C(C(C)C)C(O)COC(C)C. The number of aliphatic hydroxyl groups excluding tert-OH is 1. The van der Waals surface area contributed by atoms with Crippen LogP contribution in [0.25, 0.3) is 0 Å². The van der Waals surface area contributed by atoms with Crippen molar-refractivity contribution in [3.05, 3.63) is 12.2 Å². The summed E-state index contributed by atoms with van der Waals surface area (Å²) < 4.78 is 5.26. The van der Waals surface area contributed by atoms with Crippen LogP contribution in [-0.2, 0) is 4.74 Å². The van der Waals surface area contributed by atoms with Crippen molar-refractivity contribution in [1.82, 2.24) is 0 Å². The van der Waals surface area contributed by atoms with Gasteiger partial charge in [0.05, 0.1) is 18.8 Å². The molecule has 0 radical (unpaired) electrons. The molecule has 2 heteroatoms. The zero-order valence-corrected chi connectivity index (χ0v) is 8.50. The zero-order valence-electron chi connectivity index (χ0n) is 8.50. The van der Waals surface area contributed by atoms with Gasteiger partial charge in [0.25, 0.3) is 0 Å². The minimum Gasteiger partial charge on any atom is -0.386 e. The summed E-state index contributed by atoms with van der Waals surface area (Å²) in [6, 6.07) is 0. The molecule has 0 bridgehead atoms. The quantitative estimate of drug-likeness (QED) is 0.643. The molecular formula is C10H20O2. The summed E-state index contributed by atoms with van der Waals surface area (Å²) in [6.07, 6.45) is -0.355. The van der Waals surface area contributed by atoms with Crippen LogP contribution < -0.4 is 0 Å². The molecule has 0 amide bonds. The van der Waals surface area contributed by atoms with E-state index in [1.54, 1.807) is 0 Å². The topological polar surface area (TPSA) is 29.5 Å². The molecule has 0 aliphatic carbocycles. The van der Waals surface area contributed by atoms with E-state index in [0.717, 1.165) is 5.57 Å². The second-order valence-electron chi connectivity index (χ2n) is 3.63. The van der Waals surface area contributed by atoms with E-state index in [1.807, 2.05) is 27.7 Å². The van der Waals surface area contributed by atoms with Gasteiger partial charge < -0.3 is 9.84 Å². The lowest BCUT2D eigenvalue weighted by atomic mass is 10.0. The molecule has 0 saturated carbocycles. The average Bonchev–Trinajstić information content (AvgIpc) is 1.98. The fourth-order valence-electron chi connectivity index (χ4n) is 0.775. The molecule has 0 heterocycles. The monoisotopic (exact) mass is 172 g/mol. The van der Waals surface area contributed by atoms with Crippen LogP contribution in [0.1, 0.15) is 27.7 Å². The van der Waals surface area contributed by atoms with Gasteiger partial charge >= 0.3 is 0 Å². The van der Waals surface area contributed by atoms with Crippen molar-refractivity contribution in [2.45, 2.75) is 39.9 Å². The van der Waals surface area contributed by atoms with Crippen LogP contribution in [0, 0.1) is 5.92 Å². The molecule has 0 aliphatic rings. The van der Waals surface area contributed by atoms with Gasteiger partial charge in [-0.1, -0.05) is 20.4 Å². The van der Waals surface area contributed by atoms with Crippen LogP contribution >= 0.6 is 0 Å². The fraction of sp³-hybridized carbons (Fsp3) is 0.800. The standard InChI is InChI=1S/C10H20O2/c1-7(2)9(5)10(11)6-12-8(3)4/h7-8,10-11H,5-6H2,1-4H3. The Labute approximate surface area is 75.2 Å². The normalized spacial score (nSPS) is 13.9. The molecule has 0 aromatic carbocycles. The molecule has 0 fully saturated rings. The molecular weight excluding hydrogens is 152 g/mol. The molecule has 0 spiro atoms. The van der Waals surface area contributed by atoms with E-state index in [4.69, 9.17) is 4.74 Å². The molecule has 0 aromatic heterocycles. The van der Waals surface area contributed by atoms with E-state index in [-0.39, 0.29) is 6.10 Å². The Hall–Kier alpha value is -0.340. The summed E-state index contributed by atoms with van der Waals surface area (Å²) in [7, 11) is 0. The van der Waals surface area contributed by atoms with Crippen molar-refractivity contribution in [3.8, 4) is 0 Å². The number of ether oxygens (including phenoxy) is 1.